The smallest absolute Gasteiger partial charge is 0.0499 e. The fraction of sp³-hybridized carbons (Fsp3) is 1.00. The first-order chi connectivity index (χ1) is 7.31. The Morgan fingerprint density at radius 1 is 1.20 bits per heavy atom. The summed E-state index contributed by atoms with van der Waals surface area (Å²) in [7, 11) is 1.77. The summed E-state index contributed by atoms with van der Waals surface area (Å²) in [6.07, 6.45) is 7.62. The van der Waals surface area contributed by atoms with Crippen LogP contribution >= 0.6 is 11.8 Å². The predicted octanol–water partition coefficient (Wildman–Crippen LogP) is 2.78. The van der Waals surface area contributed by atoms with Crippen molar-refractivity contribution in [3.8, 4) is 0 Å². The highest BCUT2D eigenvalue weighted by molar-refractivity contribution is 7.98. The molecule has 0 saturated heterocycles. The quantitative estimate of drug-likeness (QED) is 0.555. The van der Waals surface area contributed by atoms with Crippen molar-refractivity contribution in [2.75, 3.05) is 38.8 Å². The van der Waals surface area contributed by atoms with E-state index in [0.717, 1.165) is 19.7 Å². The highest BCUT2D eigenvalue weighted by Crippen LogP contribution is 2.03. The molecule has 0 aromatic heterocycles. The maximum absolute atomic E-state index is 5.08. The molecule has 0 bridgehead atoms. The van der Waals surface area contributed by atoms with E-state index in [1.54, 1.807) is 7.11 Å². The number of hydrogen-bond donors (Lipinski definition) is 1. The van der Waals surface area contributed by atoms with Gasteiger partial charge in [0.15, 0.2) is 0 Å². The molecule has 0 spiro atoms. The van der Waals surface area contributed by atoms with E-state index in [0.29, 0.717) is 5.92 Å². The minimum Gasteiger partial charge on any atom is -0.384 e. The lowest BCUT2D eigenvalue weighted by Crippen LogP contribution is -2.24. The molecule has 15 heavy (non-hydrogen) atoms. The molecule has 0 aliphatic heterocycles. The summed E-state index contributed by atoms with van der Waals surface area (Å²) >= 11 is 1.95. The summed E-state index contributed by atoms with van der Waals surface area (Å²) in [4.78, 5) is 0. The van der Waals surface area contributed by atoms with Crippen LogP contribution in [0.2, 0.25) is 0 Å². The Morgan fingerprint density at radius 3 is 2.60 bits per heavy atom. The number of rotatable bonds is 11. The second-order valence-electron chi connectivity index (χ2n) is 4.17. The van der Waals surface area contributed by atoms with Gasteiger partial charge in [-0.25, -0.2) is 0 Å². The number of nitrogens with one attached hydrogen (secondary N) is 1. The average Bonchev–Trinajstić information content (AvgIpc) is 2.22. The van der Waals surface area contributed by atoms with E-state index >= 15 is 0 Å². The average molecular weight is 233 g/mol. The highest BCUT2D eigenvalue weighted by Gasteiger charge is 1.99. The molecule has 0 aliphatic rings. The van der Waals surface area contributed by atoms with Crippen molar-refractivity contribution >= 4 is 11.8 Å². The Balaban J connectivity index is 2.98. The van der Waals surface area contributed by atoms with Gasteiger partial charge in [-0.1, -0.05) is 19.8 Å². The summed E-state index contributed by atoms with van der Waals surface area (Å²) in [5.41, 5.74) is 0. The standard InChI is InChI=1S/C12H27NOS/c1-12(11-14-2)10-13-8-6-4-5-7-9-15-3/h12-13H,4-11H2,1-3H3. The van der Waals surface area contributed by atoms with Crippen LogP contribution in [0.15, 0.2) is 0 Å². The highest BCUT2D eigenvalue weighted by atomic mass is 32.2. The van der Waals surface area contributed by atoms with Crippen LogP contribution in [0.1, 0.15) is 32.6 Å². The molecule has 92 valence electrons. The Morgan fingerprint density at radius 2 is 1.93 bits per heavy atom. The van der Waals surface area contributed by atoms with E-state index in [2.05, 4.69) is 18.5 Å². The van der Waals surface area contributed by atoms with Gasteiger partial charge in [-0.3, -0.25) is 0 Å². The summed E-state index contributed by atoms with van der Waals surface area (Å²) in [6, 6.07) is 0. The van der Waals surface area contributed by atoms with E-state index in [-0.39, 0.29) is 0 Å². The van der Waals surface area contributed by atoms with Crippen molar-refractivity contribution in [3.63, 3.8) is 0 Å². The molecule has 0 radical (unpaired) electrons. The zero-order valence-corrected chi connectivity index (χ0v) is 11.4. The molecule has 0 saturated carbocycles. The second-order valence-corrected chi connectivity index (χ2v) is 5.16. The van der Waals surface area contributed by atoms with E-state index < -0.39 is 0 Å². The maximum atomic E-state index is 5.08. The zero-order chi connectivity index (χ0) is 11.4. The fourth-order valence-electron chi connectivity index (χ4n) is 1.54. The third-order valence-electron chi connectivity index (χ3n) is 2.40. The Hall–Kier alpha value is 0.270. The Labute approximate surface area is 99.5 Å². The molecule has 1 unspecified atom stereocenters. The third-order valence-corrected chi connectivity index (χ3v) is 3.09. The van der Waals surface area contributed by atoms with Crippen LogP contribution in [0.3, 0.4) is 0 Å². The molecule has 0 heterocycles. The lowest BCUT2D eigenvalue weighted by Gasteiger charge is -2.11. The van der Waals surface area contributed by atoms with Crippen molar-refractivity contribution in [2.24, 2.45) is 5.92 Å². The minimum absolute atomic E-state index is 0.631. The normalized spacial score (nSPS) is 13.0. The largest absolute Gasteiger partial charge is 0.384 e. The third kappa shape index (κ3) is 12.2. The molecule has 0 amide bonds. The second kappa shape index (κ2) is 12.3. The van der Waals surface area contributed by atoms with Crippen LogP contribution in [-0.2, 0) is 4.74 Å². The van der Waals surface area contributed by atoms with Gasteiger partial charge < -0.3 is 10.1 Å². The van der Waals surface area contributed by atoms with Crippen LogP contribution in [0.5, 0.6) is 0 Å². The van der Waals surface area contributed by atoms with Gasteiger partial charge in [-0.15, -0.1) is 0 Å². The molecule has 0 rings (SSSR count). The Bertz CT molecular complexity index is 122. The molecule has 3 heteroatoms. The van der Waals surface area contributed by atoms with Crippen LogP contribution in [0.4, 0.5) is 0 Å². The van der Waals surface area contributed by atoms with Crippen molar-refractivity contribution in [1.82, 2.24) is 5.32 Å². The lowest BCUT2D eigenvalue weighted by molar-refractivity contribution is 0.158. The van der Waals surface area contributed by atoms with Gasteiger partial charge in [-0.2, -0.15) is 11.8 Å². The first kappa shape index (κ1) is 15.3. The predicted molar refractivity (Wildman–Crippen MR) is 70.8 cm³/mol. The van der Waals surface area contributed by atoms with Crippen molar-refractivity contribution in [2.45, 2.75) is 32.6 Å². The van der Waals surface area contributed by atoms with Gasteiger partial charge in [-0.05, 0) is 43.9 Å². The summed E-state index contributed by atoms with van der Waals surface area (Å²) in [6.45, 7) is 5.32. The van der Waals surface area contributed by atoms with Crippen LogP contribution in [0.25, 0.3) is 0 Å². The van der Waals surface area contributed by atoms with Gasteiger partial charge in [0.05, 0.1) is 0 Å². The monoisotopic (exact) mass is 233 g/mol. The van der Waals surface area contributed by atoms with Crippen LogP contribution < -0.4 is 5.32 Å². The van der Waals surface area contributed by atoms with Gasteiger partial charge in [0.1, 0.15) is 0 Å². The van der Waals surface area contributed by atoms with Crippen LogP contribution in [0, 0.1) is 5.92 Å². The van der Waals surface area contributed by atoms with Gasteiger partial charge in [0.25, 0.3) is 0 Å². The summed E-state index contributed by atoms with van der Waals surface area (Å²) < 4.78 is 5.08. The van der Waals surface area contributed by atoms with E-state index in [4.69, 9.17) is 4.74 Å². The van der Waals surface area contributed by atoms with Gasteiger partial charge >= 0.3 is 0 Å². The first-order valence-electron chi connectivity index (χ1n) is 5.99. The molecule has 0 aliphatic carbocycles. The zero-order valence-electron chi connectivity index (χ0n) is 10.6. The molecular formula is C12H27NOS. The van der Waals surface area contributed by atoms with Crippen LogP contribution in [-0.4, -0.2) is 38.8 Å². The molecular weight excluding hydrogens is 206 g/mol. The number of hydrogen-bond acceptors (Lipinski definition) is 3. The van der Waals surface area contributed by atoms with Crippen molar-refractivity contribution in [1.29, 1.82) is 0 Å². The van der Waals surface area contributed by atoms with E-state index in [9.17, 15) is 0 Å². The number of unbranched alkanes of at least 4 members (excludes halogenated alkanes) is 3. The topological polar surface area (TPSA) is 21.3 Å². The van der Waals surface area contributed by atoms with Crippen molar-refractivity contribution in [3.05, 3.63) is 0 Å². The SMILES string of the molecule is COCC(C)CNCCCCCCSC. The van der Waals surface area contributed by atoms with Gasteiger partial charge in [0, 0.05) is 13.7 Å². The van der Waals surface area contributed by atoms with Crippen molar-refractivity contribution < 1.29 is 4.74 Å². The Kier molecular flexibility index (Phi) is 12.6. The molecule has 0 aromatic carbocycles. The molecule has 0 aromatic rings. The maximum Gasteiger partial charge on any atom is 0.0499 e. The molecule has 2 nitrogen and oxygen atoms in total. The number of methoxy groups -OCH3 is 1. The van der Waals surface area contributed by atoms with Gasteiger partial charge in [0.2, 0.25) is 0 Å². The number of thioether (sulfide) groups is 1. The molecule has 0 fully saturated rings. The lowest BCUT2D eigenvalue weighted by atomic mass is 10.2. The van der Waals surface area contributed by atoms with E-state index in [1.807, 2.05) is 11.8 Å². The fourth-order valence-corrected chi connectivity index (χ4v) is 2.03. The van der Waals surface area contributed by atoms with E-state index in [1.165, 1.54) is 31.4 Å². The summed E-state index contributed by atoms with van der Waals surface area (Å²) in [5, 5.41) is 3.48. The molecule has 1 N–H and O–H groups in total. The first-order valence-corrected chi connectivity index (χ1v) is 7.39. The minimum atomic E-state index is 0.631. The number of ether oxygens (including phenoxy) is 1. The summed E-state index contributed by atoms with van der Waals surface area (Å²) in [5.74, 6) is 1.95. The molecule has 1 atom stereocenters.